The highest BCUT2D eigenvalue weighted by molar-refractivity contribution is 7.19. The van der Waals surface area contributed by atoms with Crippen LogP contribution in [0.4, 0.5) is 23.2 Å². The summed E-state index contributed by atoms with van der Waals surface area (Å²) < 4.78 is 55.9. The summed E-state index contributed by atoms with van der Waals surface area (Å²) >= 11 is 1.42. The zero-order valence-electron chi connectivity index (χ0n) is 18.6. The third-order valence-electron chi connectivity index (χ3n) is 5.89. The maximum atomic E-state index is 13.8. The van der Waals surface area contributed by atoms with Gasteiger partial charge in [0, 0.05) is 27.4 Å². The van der Waals surface area contributed by atoms with E-state index < -0.39 is 41.9 Å². The molecule has 0 aliphatic carbocycles. The number of nitrogens with zero attached hydrogens (tertiary/aromatic N) is 3. The largest absolute Gasteiger partial charge is 0.449 e. The van der Waals surface area contributed by atoms with Gasteiger partial charge in [-0.2, -0.15) is 13.2 Å². The summed E-state index contributed by atoms with van der Waals surface area (Å²) in [5.74, 6) is -2.60. The van der Waals surface area contributed by atoms with Gasteiger partial charge >= 0.3 is 6.18 Å². The Balaban J connectivity index is 1.39. The van der Waals surface area contributed by atoms with Crippen LogP contribution in [-0.4, -0.2) is 20.4 Å². The molecule has 2 N–H and O–H groups in total. The molecule has 12 heteroatoms. The molecule has 3 aromatic heterocycles. The monoisotopic (exact) mass is 517 g/mol. The van der Waals surface area contributed by atoms with E-state index in [9.17, 15) is 27.2 Å². The fraction of sp³-hybridized carbons (Fsp3) is 0.250. The van der Waals surface area contributed by atoms with Crippen LogP contribution in [0.25, 0.3) is 10.1 Å². The topological polar surface area (TPSA) is 88.9 Å². The number of hydrogen-bond donors (Lipinski definition) is 2. The second-order valence-electron chi connectivity index (χ2n) is 8.34. The van der Waals surface area contributed by atoms with E-state index in [0.717, 1.165) is 15.0 Å². The van der Waals surface area contributed by atoms with E-state index >= 15 is 0 Å². The number of halogens is 4. The number of carbonyl (C=O) groups excluding carboxylic acids is 1. The number of anilines is 1. The number of thiophene rings is 1. The smallest absolute Gasteiger partial charge is 0.372 e. The molecule has 0 fully saturated rings. The van der Waals surface area contributed by atoms with Gasteiger partial charge in [0.2, 0.25) is 11.7 Å². The van der Waals surface area contributed by atoms with Gasteiger partial charge in [-0.1, -0.05) is 12.1 Å². The fourth-order valence-corrected chi connectivity index (χ4v) is 5.14. The molecule has 0 saturated carbocycles. The highest BCUT2D eigenvalue weighted by atomic mass is 32.1. The predicted octanol–water partition coefficient (Wildman–Crippen LogP) is 4.43. The first-order chi connectivity index (χ1) is 17.2. The number of carbonyl (C=O) groups is 1. The van der Waals surface area contributed by atoms with Gasteiger partial charge in [-0.15, -0.1) is 11.3 Å². The van der Waals surface area contributed by atoms with Crippen molar-refractivity contribution in [3.05, 3.63) is 86.9 Å². The molecule has 36 heavy (non-hydrogen) atoms. The molecule has 5 rings (SSSR count). The Morgan fingerprint density at radius 1 is 1.22 bits per heavy atom. The van der Waals surface area contributed by atoms with Crippen molar-refractivity contribution < 1.29 is 22.4 Å². The lowest BCUT2D eigenvalue weighted by Crippen LogP contribution is -2.39. The van der Waals surface area contributed by atoms with Crippen LogP contribution in [-0.2, 0) is 30.5 Å². The van der Waals surface area contributed by atoms with Crippen LogP contribution in [0.2, 0.25) is 0 Å². The van der Waals surface area contributed by atoms with Gasteiger partial charge in [-0.3, -0.25) is 19.1 Å². The summed E-state index contributed by atoms with van der Waals surface area (Å²) in [6, 6.07) is 8.89. The van der Waals surface area contributed by atoms with Crippen LogP contribution in [0.1, 0.15) is 34.4 Å². The summed E-state index contributed by atoms with van der Waals surface area (Å²) in [6.07, 6.45) is -1.11. The number of aromatic nitrogens is 3. The molecule has 0 spiro atoms. The van der Waals surface area contributed by atoms with Crippen molar-refractivity contribution in [2.24, 2.45) is 0 Å². The third kappa shape index (κ3) is 4.81. The van der Waals surface area contributed by atoms with Crippen molar-refractivity contribution >= 4 is 33.0 Å². The summed E-state index contributed by atoms with van der Waals surface area (Å²) in [6.45, 7) is -0.749. The Labute approximate surface area is 205 Å². The maximum Gasteiger partial charge on any atom is 0.449 e. The van der Waals surface area contributed by atoms with Crippen LogP contribution in [0.3, 0.4) is 0 Å². The third-order valence-corrected chi connectivity index (χ3v) is 7.00. The Morgan fingerprint density at radius 2 is 2.00 bits per heavy atom. The highest BCUT2D eigenvalue weighted by Crippen LogP contribution is 2.33. The van der Waals surface area contributed by atoms with Gasteiger partial charge < -0.3 is 10.6 Å². The summed E-state index contributed by atoms with van der Waals surface area (Å²) in [7, 11) is 0. The summed E-state index contributed by atoms with van der Waals surface area (Å²) in [5.41, 5.74) is -0.402. The second-order valence-corrected chi connectivity index (χ2v) is 9.50. The Hall–Kier alpha value is -3.80. The molecule has 0 bridgehead atoms. The van der Waals surface area contributed by atoms with Gasteiger partial charge in [0.25, 0.3) is 5.56 Å². The number of amides is 1. The Bertz CT molecular complexity index is 1460. The average Bonchev–Trinajstić information content (AvgIpc) is 3.27. The molecule has 1 aliphatic rings. The van der Waals surface area contributed by atoms with Crippen molar-refractivity contribution in [1.29, 1.82) is 0 Å². The summed E-state index contributed by atoms with van der Waals surface area (Å²) in [5, 5.41) is 6.41. The number of nitrogens with one attached hydrogen (secondary N) is 2. The Kier molecular flexibility index (Phi) is 6.20. The van der Waals surface area contributed by atoms with Gasteiger partial charge in [0.05, 0.1) is 18.3 Å². The highest BCUT2D eigenvalue weighted by Gasteiger charge is 2.39. The van der Waals surface area contributed by atoms with Crippen molar-refractivity contribution in [3.63, 3.8) is 0 Å². The molecule has 0 saturated heterocycles. The second kappa shape index (κ2) is 9.34. The van der Waals surface area contributed by atoms with E-state index in [4.69, 9.17) is 0 Å². The van der Waals surface area contributed by atoms with Gasteiger partial charge in [-0.25, -0.2) is 9.37 Å². The minimum atomic E-state index is -4.93. The molecule has 4 heterocycles. The van der Waals surface area contributed by atoms with E-state index in [1.54, 1.807) is 24.5 Å². The predicted molar refractivity (Wildman–Crippen MR) is 126 cm³/mol. The molecular formula is C24H19F4N5O2S. The number of aryl methyl sites for hydroxylation is 1. The standard InChI is InChI=1S/C24H19F4N5O2S/c25-15-3-1-13(2-4-15)17-5-6-18-21(31-17)22(35)33(23(32-18)24(26,27)28)12-20(34)30-11-16-9-14-10-29-8-7-19(14)36-16/h1-4,7-10,17,31H,5-6,11-12H2,(H,30,34). The van der Waals surface area contributed by atoms with E-state index in [2.05, 4.69) is 20.6 Å². The molecule has 1 aliphatic heterocycles. The molecule has 4 aromatic rings. The van der Waals surface area contributed by atoms with Crippen LogP contribution in [0.5, 0.6) is 0 Å². The van der Waals surface area contributed by atoms with E-state index in [-0.39, 0.29) is 24.3 Å². The quantitative estimate of drug-likeness (QED) is 0.383. The van der Waals surface area contributed by atoms with E-state index in [1.807, 2.05) is 12.1 Å². The minimum Gasteiger partial charge on any atom is -0.372 e. The first-order valence-corrected chi connectivity index (χ1v) is 11.8. The van der Waals surface area contributed by atoms with Crippen molar-refractivity contribution in [1.82, 2.24) is 19.9 Å². The van der Waals surface area contributed by atoms with Gasteiger partial charge in [0.1, 0.15) is 18.0 Å². The van der Waals surface area contributed by atoms with Gasteiger partial charge in [-0.05, 0) is 42.7 Å². The normalized spacial score (nSPS) is 15.4. The molecule has 7 nitrogen and oxygen atoms in total. The lowest BCUT2D eigenvalue weighted by molar-refractivity contribution is -0.148. The molecule has 1 unspecified atom stereocenters. The van der Waals surface area contributed by atoms with E-state index in [1.165, 1.54) is 23.5 Å². The number of benzene rings is 1. The zero-order chi connectivity index (χ0) is 25.4. The molecule has 0 radical (unpaired) electrons. The number of alkyl halides is 3. The molecule has 186 valence electrons. The lowest BCUT2D eigenvalue weighted by Gasteiger charge is -2.28. The first kappa shape index (κ1) is 23.9. The fourth-order valence-electron chi connectivity index (χ4n) is 4.17. The number of hydrogen-bond acceptors (Lipinski definition) is 6. The van der Waals surface area contributed by atoms with Crippen molar-refractivity contribution in [2.45, 2.75) is 38.1 Å². The van der Waals surface area contributed by atoms with Crippen LogP contribution < -0.4 is 16.2 Å². The van der Waals surface area contributed by atoms with Gasteiger partial charge in [0.15, 0.2) is 0 Å². The SMILES string of the molecule is O=C(Cn1c(C(F)(F)F)nc2c(c1=O)NC(c1ccc(F)cc1)CC2)NCc1cc2cnccc2s1. The number of pyridine rings is 1. The van der Waals surface area contributed by atoms with Crippen molar-refractivity contribution in [3.8, 4) is 0 Å². The van der Waals surface area contributed by atoms with Crippen LogP contribution >= 0.6 is 11.3 Å². The molecule has 1 amide bonds. The molecule has 1 aromatic carbocycles. The number of fused-ring (bicyclic) bond motifs is 2. The molecule has 1 atom stereocenters. The average molecular weight is 518 g/mol. The first-order valence-electron chi connectivity index (χ1n) is 11.0. The van der Waals surface area contributed by atoms with Crippen molar-refractivity contribution in [2.75, 3.05) is 5.32 Å². The summed E-state index contributed by atoms with van der Waals surface area (Å²) in [4.78, 5) is 34.3. The minimum absolute atomic E-state index is 0.0128. The van der Waals surface area contributed by atoms with Crippen LogP contribution in [0, 0.1) is 5.82 Å². The Morgan fingerprint density at radius 3 is 2.72 bits per heavy atom. The van der Waals surface area contributed by atoms with E-state index in [0.29, 0.717) is 16.6 Å². The maximum absolute atomic E-state index is 13.8. The number of rotatable bonds is 5. The zero-order valence-corrected chi connectivity index (χ0v) is 19.4. The molecular weight excluding hydrogens is 498 g/mol. The lowest BCUT2D eigenvalue weighted by atomic mass is 9.96. The van der Waals surface area contributed by atoms with Crippen LogP contribution in [0.15, 0.2) is 53.6 Å².